The molecule has 2 aliphatic rings. The number of hydrogen-bond acceptors (Lipinski definition) is 5. The van der Waals surface area contributed by atoms with Crippen molar-refractivity contribution >= 4 is 5.91 Å². The molecular weight excluding hydrogens is 366 g/mol. The fraction of sp³-hybridized carbons (Fsp3) is 0.348. The topological polar surface area (TPSA) is 68.5 Å². The highest BCUT2D eigenvalue weighted by Crippen LogP contribution is 2.33. The lowest BCUT2D eigenvalue weighted by atomic mass is 9.84. The molecule has 1 aliphatic carbocycles. The maximum absolute atomic E-state index is 12.5. The van der Waals surface area contributed by atoms with Gasteiger partial charge in [-0.1, -0.05) is 54.0 Å². The molecule has 148 valence electrons. The molecule has 6 nitrogen and oxygen atoms in total. The zero-order valence-electron chi connectivity index (χ0n) is 16.2. The van der Waals surface area contributed by atoms with Crippen molar-refractivity contribution in [2.75, 3.05) is 13.1 Å². The van der Waals surface area contributed by atoms with Crippen molar-refractivity contribution in [3.63, 3.8) is 0 Å². The molecular formula is C23H23N3O3. The highest BCUT2D eigenvalue weighted by molar-refractivity contribution is 5.80. The van der Waals surface area contributed by atoms with E-state index in [4.69, 9.17) is 9.26 Å². The molecule has 1 aliphatic heterocycles. The van der Waals surface area contributed by atoms with Gasteiger partial charge in [0, 0.05) is 24.4 Å². The number of amides is 1. The summed E-state index contributed by atoms with van der Waals surface area (Å²) in [6.45, 7) is 1.41. The van der Waals surface area contributed by atoms with E-state index in [0.29, 0.717) is 29.9 Å². The number of hydrogen-bond donors (Lipinski definition) is 0. The number of benzene rings is 2. The monoisotopic (exact) mass is 389 g/mol. The van der Waals surface area contributed by atoms with Crippen LogP contribution in [0.2, 0.25) is 0 Å². The zero-order chi connectivity index (χ0) is 19.6. The third-order valence-corrected chi connectivity index (χ3v) is 5.78. The van der Waals surface area contributed by atoms with E-state index in [1.165, 1.54) is 6.42 Å². The summed E-state index contributed by atoms with van der Waals surface area (Å²) in [7, 11) is 0. The fourth-order valence-corrected chi connectivity index (χ4v) is 3.90. The Morgan fingerprint density at radius 1 is 1.03 bits per heavy atom. The highest BCUT2D eigenvalue weighted by Gasteiger charge is 2.34. The molecule has 2 fully saturated rings. The van der Waals surface area contributed by atoms with Gasteiger partial charge in [-0.3, -0.25) is 4.79 Å². The van der Waals surface area contributed by atoms with E-state index in [9.17, 15) is 4.79 Å². The first-order valence-corrected chi connectivity index (χ1v) is 10.2. The summed E-state index contributed by atoms with van der Waals surface area (Å²) in [5.74, 6) is 2.21. The zero-order valence-corrected chi connectivity index (χ0v) is 16.2. The molecule has 2 heterocycles. The number of aromatic nitrogens is 2. The van der Waals surface area contributed by atoms with Crippen LogP contribution in [0.25, 0.3) is 22.8 Å². The van der Waals surface area contributed by atoms with E-state index < -0.39 is 0 Å². The summed E-state index contributed by atoms with van der Waals surface area (Å²) in [4.78, 5) is 19.0. The molecule has 6 heteroatoms. The van der Waals surface area contributed by atoms with Crippen LogP contribution in [-0.2, 0) is 4.79 Å². The predicted molar refractivity (Wildman–Crippen MR) is 108 cm³/mol. The van der Waals surface area contributed by atoms with Crippen LogP contribution in [0.3, 0.4) is 0 Å². The molecule has 1 saturated carbocycles. The average Bonchev–Trinajstić information content (AvgIpc) is 3.38. The summed E-state index contributed by atoms with van der Waals surface area (Å²) in [5, 5.41) is 4.11. The summed E-state index contributed by atoms with van der Waals surface area (Å²) >= 11 is 0. The molecule has 29 heavy (non-hydrogen) atoms. The van der Waals surface area contributed by atoms with E-state index in [0.717, 1.165) is 36.9 Å². The van der Waals surface area contributed by atoms with Crippen LogP contribution in [-0.4, -0.2) is 40.1 Å². The lowest BCUT2D eigenvalue weighted by Gasteiger charge is -2.29. The van der Waals surface area contributed by atoms with Gasteiger partial charge in [-0.2, -0.15) is 4.98 Å². The van der Waals surface area contributed by atoms with Gasteiger partial charge in [0.05, 0.1) is 12.1 Å². The Morgan fingerprint density at radius 3 is 2.62 bits per heavy atom. The van der Waals surface area contributed by atoms with Gasteiger partial charge in [0.25, 0.3) is 5.89 Å². The second kappa shape index (κ2) is 7.70. The van der Waals surface area contributed by atoms with Gasteiger partial charge in [0.1, 0.15) is 11.9 Å². The van der Waals surface area contributed by atoms with Crippen molar-refractivity contribution < 1.29 is 14.1 Å². The number of carbonyl (C=O) groups excluding carboxylic acids is 1. The Balaban J connectivity index is 1.32. The maximum atomic E-state index is 12.5. The summed E-state index contributed by atoms with van der Waals surface area (Å²) in [6, 6.07) is 17.4. The van der Waals surface area contributed by atoms with Crippen LogP contribution in [0, 0.1) is 5.92 Å². The molecule has 0 bridgehead atoms. The van der Waals surface area contributed by atoms with Crippen LogP contribution < -0.4 is 4.74 Å². The number of rotatable bonds is 5. The second-order valence-corrected chi connectivity index (χ2v) is 7.73. The first-order chi connectivity index (χ1) is 14.3. The van der Waals surface area contributed by atoms with Gasteiger partial charge in [-0.15, -0.1) is 0 Å². The highest BCUT2D eigenvalue weighted by atomic mass is 16.5. The minimum Gasteiger partial charge on any atom is -0.488 e. The summed E-state index contributed by atoms with van der Waals surface area (Å²) < 4.78 is 11.8. The first kappa shape index (κ1) is 17.9. The Kier molecular flexibility index (Phi) is 4.76. The Morgan fingerprint density at radius 2 is 1.83 bits per heavy atom. The fourth-order valence-electron chi connectivity index (χ4n) is 3.90. The Labute approximate surface area is 169 Å². The minimum atomic E-state index is -0.0170. The van der Waals surface area contributed by atoms with E-state index in [2.05, 4.69) is 10.1 Å². The van der Waals surface area contributed by atoms with Crippen LogP contribution in [0.4, 0.5) is 0 Å². The van der Waals surface area contributed by atoms with Crippen LogP contribution >= 0.6 is 0 Å². The molecule has 1 unspecified atom stereocenters. The number of para-hydroxylation sites is 1. The SMILES string of the molecule is O=C(C1CCC1)N1CCC(Oc2ccccc2-c2nc(-c3ccccc3)no2)C1. The normalized spacial score (nSPS) is 19.2. The number of nitrogens with zero attached hydrogens (tertiary/aromatic N) is 3. The molecule has 5 rings (SSSR count). The molecule has 2 aromatic carbocycles. The molecule has 0 radical (unpaired) electrons. The molecule has 0 spiro atoms. The van der Waals surface area contributed by atoms with Crippen molar-refractivity contribution in [2.24, 2.45) is 5.92 Å². The van der Waals surface area contributed by atoms with Crippen molar-refractivity contribution in [1.82, 2.24) is 15.0 Å². The first-order valence-electron chi connectivity index (χ1n) is 10.2. The summed E-state index contributed by atoms with van der Waals surface area (Å²) in [6.07, 6.45) is 4.06. The second-order valence-electron chi connectivity index (χ2n) is 7.73. The van der Waals surface area contributed by atoms with Crippen molar-refractivity contribution in [3.8, 4) is 28.6 Å². The van der Waals surface area contributed by atoms with E-state index in [1.54, 1.807) is 0 Å². The smallest absolute Gasteiger partial charge is 0.262 e. The van der Waals surface area contributed by atoms with Crippen molar-refractivity contribution in [3.05, 3.63) is 54.6 Å². The lowest BCUT2D eigenvalue weighted by molar-refractivity contribution is -0.137. The van der Waals surface area contributed by atoms with Gasteiger partial charge >= 0.3 is 0 Å². The Hall–Kier alpha value is -3.15. The molecule has 1 amide bonds. The van der Waals surface area contributed by atoms with Gasteiger partial charge in [-0.25, -0.2) is 0 Å². The lowest BCUT2D eigenvalue weighted by Crippen LogP contribution is -2.38. The van der Waals surface area contributed by atoms with Crippen LogP contribution in [0.15, 0.2) is 59.1 Å². The van der Waals surface area contributed by atoms with Gasteiger partial charge in [0.15, 0.2) is 0 Å². The van der Waals surface area contributed by atoms with Gasteiger partial charge < -0.3 is 14.2 Å². The number of carbonyl (C=O) groups is 1. The van der Waals surface area contributed by atoms with Crippen LogP contribution in [0.5, 0.6) is 5.75 Å². The molecule has 3 aromatic rings. The summed E-state index contributed by atoms with van der Waals surface area (Å²) in [5.41, 5.74) is 1.67. The van der Waals surface area contributed by atoms with E-state index >= 15 is 0 Å². The van der Waals surface area contributed by atoms with Crippen LogP contribution in [0.1, 0.15) is 25.7 Å². The standard InChI is InChI=1S/C23H23N3O3/c27-23(17-9-6-10-17)26-14-13-18(15-26)28-20-12-5-4-11-19(20)22-24-21(25-29-22)16-7-2-1-3-8-16/h1-5,7-8,11-12,17-18H,6,9-10,13-15H2. The number of likely N-dealkylation sites (tertiary alicyclic amines) is 1. The average molecular weight is 389 g/mol. The van der Waals surface area contributed by atoms with Crippen molar-refractivity contribution in [2.45, 2.75) is 31.8 Å². The quantitative estimate of drug-likeness (QED) is 0.655. The Bertz CT molecular complexity index is 997. The molecule has 1 atom stereocenters. The van der Waals surface area contributed by atoms with E-state index in [-0.39, 0.29) is 12.0 Å². The molecule has 1 saturated heterocycles. The van der Waals surface area contributed by atoms with E-state index in [1.807, 2.05) is 59.5 Å². The maximum Gasteiger partial charge on any atom is 0.262 e. The van der Waals surface area contributed by atoms with Gasteiger partial charge in [-0.05, 0) is 25.0 Å². The number of ether oxygens (including phenoxy) is 1. The van der Waals surface area contributed by atoms with Crippen molar-refractivity contribution in [1.29, 1.82) is 0 Å². The minimum absolute atomic E-state index is 0.0170. The largest absolute Gasteiger partial charge is 0.488 e. The third-order valence-electron chi connectivity index (χ3n) is 5.78. The molecule has 0 N–H and O–H groups in total. The predicted octanol–water partition coefficient (Wildman–Crippen LogP) is 4.18. The molecule has 1 aromatic heterocycles. The van der Waals surface area contributed by atoms with Gasteiger partial charge in [0.2, 0.25) is 11.7 Å². The third kappa shape index (κ3) is 3.62.